The van der Waals surface area contributed by atoms with Crippen LogP contribution in [0.15, 0.2) is 36.9 Å². The number of unbranched alkanes of at least 4 members (excludes halogenated alkanes) is 1. The predicted octanol–water partition coefficient (Wildman–Crippen LogP) is 2.09. The maximum atomic E-state index is 12.4. The lowest BCUT2D eigenvalue weighted by atomic mass is 9.86. The van der Waals surface area contributed by atoms with Crippen LogP contribution in [0.1, 0.15) is 71.2 Å². The summed E-state index contributed by atoms with van der Waals surface area (Å²) in [7, 11) is 0. The number of hydrogen-bond donors (Lipinski definition) is 4. The van der Waals surface area contributed by atoms with Gasteiger partial charge in [-0.15, -0.1) is 0 Å². The number of anilines is 1. The van der Waals surface area contributed by atoms with Crippen LogP contribution in [-0.2, 0) is 26.2 Å². The molecule has 3 aromatic rings. The van der Waals surface area contributed by atoms with Gasteiger partial charge in [0, 0.05) is 19.0 Å². The molecule has 0 saturated carbocycles. The fourth-order valence-corrected chi connectivity index (χ4v) is 5.13. The Kier molecular flexibility index (Phi) is 9.93. The first-order valence-corrected chi connectivity index (χ1v) is 14.5. The minimum absolute atomic E-state index is 0.0383. The predicted molar refractivity (Wildman–Crippen MR) is 158 cm³/mol. The number of nitrogens with one attached hydrogen (secondary N) is 1. The lowest BCUT2D eigenvalue weighted by Gasteiger charge is -2.30. The molecule has 0 aliphatic carbocycles. The number of carbonyl (C=O) groups excluding carboxylic acids is 2. The summed E-state index contributed by atoms with van der Waals surface area (Å²) in [4.78, 5) is 39.2. The Morgan fingerprint density at radius 2 is 1.79 bits per heavy atom. The van der Waals surface area contributed by atoms with Crippen LogP contribution >= 0.6 is 0 Å². The third-order valence-electron chi connectivity index (χ3n) is 7.71. The number of aliphatic hydroxyl groups excluding tert-OH is 2. The molecule has 1 aliphatic heterocycles. The highest BCUT2D eigenvalue weighted by molar-refractivity contribution is 5.96. The van der Waals surface area contributed by atoms with Gasteiger partial charge in [0.05, 0.1) is 12.7 Å². The van der Waals surface area contributed by atoms with Crippen LogP contribution in [0.2, 0.25) is 0 Å². The molecular weight excluding hydrogens is 538 g/mol. The highest BCUT2D eigenvalue weighted by Crippen LogP contribution is 2.32. The molecule has 1 fully saturated rings. The third-order valence-corrected chi connectivity index (χ3v) is 7.71. The Bertz CT molecular complexity index is 1370. The molecule has 0 spiro atoms. The number of nitrogen functional groups attached to an aromatic ring is 1. The van der Waals surface area contributed by atoms with E-state index in [1.54, 1.807) is 4.57 Å². The molecule has 12 nitrogen and oxygen atoms in total. The monoisotopic (exact) mass is 581 g/mol. The third kappa shape index (κ3) is 7.49. The Balaban J connectivity index is 1.23. The van der Waals surface area contributed by atoms with Gasteiger partial charge in [-0.3, -0.25) is 24.4 Å². The molecule has 5 N–H and O–H groups in total. The number of fused-ring (bicyclic) bond motifs is 1. The van der Waals surface area contributed by atoms with E-state index in [9.17, 15) is 19.8 Å². The fraction of sp³-hybridized carbons (Fsp3) is 0.567. The number of benzene rings is 1. The molecular formula is C30H43N7O5. The molecule has 1 saturated heterocycles. The quantitative estimate of drug-likeness (QED) is 0.246. The Morgan fingerprint density at radius 3 is 2.45 bits per heavy atom. The van der Waals surface area contributed by atoms with Gasteiger partial charge in [-0.25, -0.2) is 15.0 Å². The number of ether oxygens (including phenoxy) is 1. The van der Waals surface area contributed by atoms with Gasteiger partial charge in [-0.1, -0.05) is 45.0 Å². The van der Waals surface area contributed by atoms with Gasteiger partial charge in [0.25, 0.3) is 0 Å². The van der Waals surface area contributed by atoms with Crippen LogP contribution in [0.25, 0.3) is 11.2 Å². The molecule has 12 heteroatoms. The van der Waals surface area contributed by atoms with Crippen LogP contribution in [-0.4, -0.2) is 83.9 Å². The summed E-state index contributed by atoms with van der Waals surface area (Å²) < 4.78 is 7.65. The molecule has 2 unspecified atom stereocenters. The van der Waals surface area contributed by atoms with Crippen molar-refractivity contribution < 1.29 is 24.5 Å². The average Bonchev–Trinajstić information content (AvgIpc) is 3.47. The van der Waals surface area contributed by atoms with E-state index in [4.69, 9.17) is 10.5 Å². The van der Waals surface area contributed by atoms with E-state index < -0.39 is 24.5 Å². The van der Waals surface area contributed by atoms with Crippen LogP contribution in [0.4, 0.5) is 5.82 Å². The van der Waals surface area contributed by atoms with Crippen molar-refractivity contribution in [3.05, 3.63) is 48.0 Å². The lowest BCUT2D eigenvalue weighted by molar-refractivity contribution is -0.130. The largest absolute Gasteiger partial charge is 0.387 e. The first kappa shape index (κ1) is 31.5. The summed E-state index contributed by atoms with van der Waals surface area (Å²) in [5, 5.41) is 24.1. The van der Waals surface area contributed by atoms with Crippen molar-refractivity contribution in [3.8, 4) is 0 Å². The average molecular weight is 582 g/mol. The number of hydrogen-bond acceptors (Lipinski definition) is 10. The second-order valence-electron chi connectivity index (χ2n) is 12.3. The topological polar surface area (TPSA) is 169 Å². The Hall–Kier alpha value is -3.45. The second-order valence-corrected chi connectivity index (χ2v) is 12.3. The maximum absolute atomic E-state index is 12.4. The summed E-state index contributed by atoms with van der Waals surface area (Å²) in [6, 6.07) is 8.04. The van der Waals surface area contributed by atoms with Gasteiger partial charge in [-0.05, 0) is 49.8 Å². The van der Waals surface area contributed by atoms with E-state index >= 15 is 0 Å². The summed E-state index contributed by atoms with van der Waals surface area (Å²) in [6.45, 7) is 11.5. The number of aromatic nitrogens is 4. The summed E-state index contributed by atoms with van der Waals surface area (Å²) >= 11 is 0. The van der Waals surface area contributed by atoms with Gasteiger partial charge >= 0.3 is 0 Å². The molecule has 0 bridgehead atoms. The van der Waals surface area contributed by atoms with Gasteiger partial charge in [0.15, 0.2) is 17.7 Å². The highest BCUT2D eigenvalue weighted by Gasteiger charge is 2.45. The zero-order valence-electron chi connectivity index (χ0n) is 25.0. The van der Waals surface area contributed by atoms with Gasteiger partial charge in [0.2, 0.25) is 11.8 Å². The zero-order chi connectivity index (χ0) is 30.6. The number of carbonyl (C=O) groups is 2. The standard InChI is InChI=1S/C30H43N7O5/c1-18(2)36(13-7-6-8-22(38)35-23(39)14-19-9-11-20(12-10-19)30(3,4)5)15-21-25(40)26(41)29(42-21)37-17-34-24-27(31)32-16-33-28(24)37/h9-12,16-18,21,25-26,29,40-41H,6-8,13-15H2,1-5H3,(H2,31,32,33)(H,35,38,39)/t21?,25-,26+,29?/m1/s1. The fourth-order valence-electron chi connectivity index (χ4n) is 5.13. The smallest absolute Gasteiger partial charge is 0.230 e. The van der Waals surface area contributed by atoms with Crippen LogP contribution in [0.5, 0.6) is 0 Å². The highest BCUT2D eigenvalue weighted by atomic mass is 16.6. The molecule has 0 radical (unpaired) electrons. The molecule has 3 heterocycles. The number of aliphatic hydroxyl groups is 2. The second kappa shape index (κ2) is 13.2. The molecule has 1 aromatic carbocycles. The Morgan fingerprint density at radius 1 is 1.07 bits per heavy atom. The van der Waals surface area contributed by atoms with Crippen molar-refractivity contribution in [1.29, 1.82) is 0 Å². The normalized spacial score (nSPS) is 21.0. The number of nitrogens with two attached hydrogens (primary N) is 1. The lowest BCUT2D eigenvalue weighted by Crippen LogP contribution is -2.43. The Labute approximate surface area is 246 Å². The summed E-state index contributed by atoms with van der Waals surface area (Å²) in [5.41, 5.74) is 8.78. The van der Waals surface area contributed by atoms with E-state index in [1.165, 1.54) is 18.2 Å². The minimum atomic E-state index is -1.18. The van der Waals surface area contributed by atoms with Crippen molar-refractivity contribution in [1.82, 2.24) is 29.7 Å². The van der Waals surface area contributed by atoms with Crippen LogP contribution < -0.4 is 11.1 Å². The van der Waals surface area contributed by atoms with Crippen molar-refractivity contribution in [2.24, 2.45) is 0 Å². The van der Waals surface area contributed by atoms with Crippen molar-refractivity contribution >= 4 is 28.8 Å². The van der Waals surface area contributed by atoms with Crippen LogP contribution in [0.3, 0.4) is 0 Å². The molecule has 4 atom stereocenters. The van der Waals surface area contributed by atoms with E-state index in [0.717, 1.165) is 5.56 Å². The number of rotatable bonds is 11. The van der Waals surface area contributed by atoms with Gasteiger partial charge in [0.1, 0.15) is 30.2 Å². The molecule has 1 aliphatic rings. The summed E-state index contributed by atoms with van der Waals surface area (Å²) in [6.07, 6.45) is 0.661. The zero-order valence-corrected chi connectivity index (χ0v) is 25.0. The van der Waals surface area contributed by atoms with E-state index in [0.29, 0.717) is 37.1 Å². The molecule has 4 rings (SSSR count). The SMILES string of the molecule is CC(C)N(CCCCC(=O)NC(=O)Cc1ccc(C(C)(C)C)cc1)CC1OC(n2cnc3c(N)ncnc32)[C@@H](O)[C@@H]1O. The van der Waals surface area contributed by atoms with Gasteiger partial charge < -0.3 is 20.7 Å². The van der Waals surface area contributed by atoms with Crippen LogP contribution in [0, 0.1) is 0 Å². The van der Waals surface area contributed by atoms with Gasteiger partial charge in [-0.2, -0.15) is 0 Å². The van der Waals surface area contributed by atoms with Crippen molar-refractivity contribution in [2.45, 2.75) is 96.3 Å². The minimum Gasteiger partial charge on any atom is -0.387 e. The maximum Gasteiger partial charge on any atom is 0.230 e. The summed E-state index contributed by atoms with van der Waals surface area (Å²) in [5.74, 6) is -0.384. The first-order valence-electron chi connectivity index (χ1n) is 14.5. The number of imidazole rings is 1. The number of nitrogens with zero attached hydrogens (tertiary/aromatic N) is 5. The van der Waals surface area contributed by atoms with E-state index in [2.05, 4.69) is 45.9 Å². The molecule has 228 valence electrons. The first-order chi connectivity index (χ1) is 19.8. The molecule has 2 amide bonds. The van der Waals surface area contributed by atoms with Crippen molar-refractivity contribution in [3.63, 3.8) is 0 Å². The number of amides is 2. The van der Waals surface area contributed by atoms with E-state index in [-0.39, 0.29) is 41.9 Å². The van der Waals surface area contributed by atoms with E-state index in [1.807, 2.05) is 38.1 Å². The molecule has 42 heavy (non-hydrogen) atoms. The number of imide groups is 1. The van der Waals surface area contributed by atoms with Crippen molar-refractivity contribution in [2.75, 3.05) is 18.8 Å². The molecule has 2 aromatic heterocycles.